The van der Waals surface area contributed by atoms with Gasteiger partial charge in [-0.1, -0.05) is 32.9 Å². The molecule has 2 heterocycles. The molecule has 8 heteroatoms. The van der Waals surface area contributed by atoms with Gasteiger partial charge in [0, 0.05) is 24.5 Å². The quantitative estimate of drug-likeness (QED) is 0.866. The topological polar surface area (TPSA) is 75.9 Å². The molecule has 0 unspecified atom stereocenters. The highest BCUT2D eigenvalue weighted by Gasteiger charge is 2.27. The lowest BCUT2D eigenvalue weighted by Gasteiger charge is -2.33. The number of rotatable bonds is 5. The number of halogens is 1. The van der Waals surface area contributed by atoms with E-state index in [1.54, 1.807) is 16.8 Å². The Labute approximate surface area is 158 Å². The van der Waals surface area contributed by atoms with Crippen molar-refractivity contribution < 1.29 is 9.18 Å². The van der Waals surface area contributed by atoms with Crippen molar-refractivity contribution in [2.45, 2.75) is 52.7 Å². The summed E-state index contributed by atoms with van der Waals surface area (Å²) in [6.07, 6.45) is 1.84. The number of carbonyl (C=O) groups is 1. The lowest BCUT2D eigenvalue weighted by atomic mass is 9.94. The molecule has 27 heavy (non-hydrogen) atoms. The Morgan fingerprint density at radius 3 is 2.48 bits per heavy atom. The molecule has 0 bridgehead atoms. The fraction of sp³-hybridized carbons (Fsp3) is 0.579. The van der Waals surface area contributed by atoms with E-state index in [-0.39, 0.29) is 23.2 Å². The van der Waals surface area contributed by atoms with E-state index in [0.29, 0.717) is 13.1 Å². The third-order valence-corrected chi connectivity index (χ3v) is 4.82. The molecule has 1 aromatic heterocycles. The van der Waals surface area contributed by atoms with E-state index < -0.39 is 0 Å². The van der Waals surface area contributed by atoms with Gasteiger partial charge >= 0.3 is 0 Å². The van der Waals surface area contributed by atoms with Crippen molar-refractivity contribution in [2.75, 3.05) is 13.1 Å². The number of nitrogens with one attached hydrogen (secondary N) is 1. The molecule has 1 aliphatic rings. The first-order valence-corrected chi connectivity index (χ1v) is 9.34. The molecule has 1 aliphatic heterocycles. The number of hydrogen-bond donors (Lipinski definition) is 1. The van der Waals surface area contributed by atoms with E-state index >= 15 is 0 Å². The maximum atomic E-state index is 13.0. The van der Waals surface area contributed by atoms with E-state index in [1.165, 1.54) is 12.1 Å². The van der Waals surface area contributed by atoms with Gasteiger partial charge in [-0.3, -0.25) is 9.69 Å². The third-order valence-electron chi connectivity index (χ3n) is 4.82. The Balaban J connectivity index is 1.52. The van der Waals surface area contributed by atoms with E-state index in [0.717, 1.165) is 37.3 Å². The van der Waals surface area contributed by atoms with Gasteiger partial charge in [0.05, 0.1) is 13.1 Å². The molecule has 0 radical (unpaired) electrons. The van der Waals surface area contributed by atoms with Gasteiger partial charge in [-0.05, 0) is 41.0 Å². The maximum Gasteiger partial charge on any atom is 0.225 e. The monoisotopic (exact) mass is 374 g/mol. The fourth-order valence-electron chi connectivity index (χ4n) is 3.06. The van der Waals surface area contributed by atoms with Crippen LogP contribution in [0.25, 0.3) is 0 Å². The number of hydrogen-bond acceptors (Lipinski definition) is 5. The summed E-state index contributed by atoms with van der Waals surface area (Å²) < 4.78 is 14.8. The van der Waals surface area contributed by atoms with Crippen LogP contribution >= 0.6 is 0 Å². The van der Waals surface area contributed by atoms with Gasteiger partial charge in [-0.2, -0.15) is 0 Å². The average Bonchev–Trinajstić information content (AvgIpc) is 3.04. The number of piperidine rings is 1. The zero-order valence-corrected chi connectivity index (χ0v) is 16.2. The van der Waals surface area contributed by atoms with E-state index in [2.05, 4.69) is 25.7 Å². The Morgan fingerprint density at radius 2 is 1.85 bits per heavy atom. The van der Waals surface area contributed by atoms with Crippen LogP contribution < -0.4 is 5.32 Å². The summed E-state index contributed by atoms with van der Waals surface area (Å²) in [6, 6.07) is 6.59. The Kier molecular flexibility index (Phi) is 5.84. The van der Waals surface area contributed by atoms with Gasteiger partial charge in [-0.15, -0.1) is 5.10 Å². The first-order chi connectivity index (χ1) is 12.8. The summed E-state index contributed by atoms with van der Waals surface area (Å²) in [7, 11) is 0. The van der Waals surface area contributed by atoms with Crippen molar-refractivity contribution in [3.05, 3.63) is 41.5 Å². The number of benzene rings is 1. The zero-order valence-electron chi connectivity index (χ0n) is 16.2. The van der Waals surface area contributed by atoms with Gasteiger partial charge in [-0.25, -0.2) is 9.07 Å². The molecule has 0 spiro atoms. The normalized spacial score (nSPS) is 16.4. The molecular weight excluding hydrogens is 347 g/mol. The van der Waals surface area contributed by atoms with Crippen LogP contribution in [0.15, 0.2) is 24.3 Å². The van der Waals surface area contributed by atoms with Crippen LogP contribution in [0.5, 0.6) is 0 Å². The van der Waals surface area contributed by atoms with Crippen molar-refractivity contribution in [1.82, 2.24) is 30.4 Å². The highest BCUT2D eigenvalue weighted by Crippen LogP contribution is 2.17. The van der Waals surface area contributed by atoms with Crippen LogP contribution in [0.4, 0.5) is 4.39 Å². The molecule has 1 amide bonds. The number of tetrazole rings is 1. The summed E-state index contributed by atoms with van der Waals surface area (Å²) >= 11 is 0. The van der Waals surface area contributed by atoms with E-state index in [9.17, 15) is 9.18 Å². The predicted molar refractivity (Wildman–Crippen MR) is 99.2 cm³/mol. The Hall–Kier alpha value is -2.35. The highest BCUT2D eigenvalue weighted by molar-refractivity contribution is 5.81. The van der Waals surface area contributed by atoms with Crippen molar-refractivity contribution >= 4 is 5.91 Å². The van der Waals surface area contributed by atoms with E-state index in [4.69, 9.17) is 0 Å². The minimum absolute atomic E-state index is 0.101. The zero-order chi connectivity index (χ0) is 19.4. The van der Waals surface area contributed by atoms with Crippen molar-refractivity contribution in [1.29, 1.82) is 0 Å². The van der Waals surface area contributed by atoms with Gasteiger partial charge < -0.3 is 5.32 Å². The van der Waals surface area contributed by atoms with Crippen LogP contribution in [0.1, 0.15) is 45.0 Å². The predicted octanol–water partition coefficient (Wildman–Crippen LogP) is 1.99. The minimum atomic E-state index is -0.362. The lowest BCUT2D eigenvalue weighted by molar-refractivity contribution is -0.129. The summed E-state index contributed by atoms with van der Waals surface area (Å²) in [6.45, 7) is 8.74. The van der Waals surface area contributed by atoms with Crippen molar-refractivity contribution in [3.8, 4) is 0 Å². The largest absolute Gasteiger partial charge is 0.353 e. The second kappa shape index (κ2) is 8.12. The lowest BCUT2D eigenvalue weighted by Crippen LogP contribution is -2.47. The Bertz CT molecular complexity index is 759. The van der Waals surface area contributed by atoms with Gasteiger partial charge in [0.15, 0.2) is 5.82 Å². The van der Waals surface area contributed by atoms with Crippen LogP contribution in [0.3, 0.4) is 0 Å². The summed E-state index contributed by atoms with van der Waals surface area (Å²) in [5.74, 6) is 0.637. The van der Waals surface area contributed by atoms with Crippen molar-refractivity contribution in [3.63, 3.8) is 0 Å². The van der Waals surface area contributed by atoms with Gasteiger partial charge in [0.25, 0.3) is 0 Å². The molecule has 1 N–H and O–H groups in total. The van der Waals surface area contributed by atoms with Crippen molar-refractivity contribution in [2.24, 2.45) is 5.41 Å². The molecule has 1 saturated heterocycles. The molecule has 0 aliphatic carbocycles. The minimum Gasteiger partial charge on any atom is -0.353 e. The molecule has 0 saturated carbocycles. The van der Waals surface area contributed by atoms with Gasteiger partial charge in [0.2, 0.25) is 5.91 Å². The molecule has 3 rings (SSSR count). The molecule has 7 nitrogen and oxygen atoms in total. The average molecular weight is 374 g/mol. The highest BCUT2D eigenvalue weighted by atomic mass is 19.1. The van der Waals surface area contributed by atoms with Crippen LogP contribution in [-0.2, 0) is 17.9 Å². The summed E-state index contributed by atoms with van der Waals surface area (Å²) in [5.41, 5.74) is 0.591. The molecule has 2 aromatic rings. The van der Waals surface area contributed by atoms with Gasteiger partial charge in [0.1, 0.15) is 5.82 Å². The Morgan fingerprint density at radius 1 is 1.19 bits per heavy atom. The molecule has 146 valence electrons. The molecule has 1 fully saturated rings. The molecule has 1 aromatic carbocycles. The number of aromatic nitrogens is 4. The first-order valence-electron chi connectivity index (χ1n) is 9.34. The second-order valence-electron chi connectivity index (χ2n) is 8.15. The summed E-state index contributed by atoms with van der Waals surface area (Å²) in [5, 5.41) is 15.1. The summed E-state index contributed by atoms with van der Waals surface area (Å²) in [4.78, 5) is 14.4. The second-order valence-corrected chi connectivity index (χ2v) is 8.15. The SMILES string of the molecule is CC(C)(C)C(=O)NC1CCN(Cc2nnnn2Cc2ccc(F)cc2)CC1. The fourth-order valence-corrected chi connectivity index (χ4v) is 3.06. The van der Waals surface area contributed by atoms with Crippen LogP contribution in [-0.4, -0.2) is 50.1 Å². The smallest absolute Gasteiger partial charge is 0.225 e. The number of likely N-dealkylation sites (tertiary alicyclic amines) is 1. The van der Waals surface area contributed by atoms with E-state index in [1.807, 2.05) is 20.8 Å². The first kappa shape index (κ1) is 19.4. The standard InChI is InChI=1S/C19H27FN6O/c1-19(2,3)18(27)21-16-8-10-25(11-9-16)13-17-22-23-24-26(17)12-14-4-6-15(20)7-5-14/h4-7,16H,8-13H2,1-3H3,(H,21,27). The number of carbonyl (C=O) groups excluding carboxylic acids is 1. The molecule has 0 atom stereocenters. The number of amides is 1. The molecular formula is C19H27FN6O. The maximum absolute atomic E-state index is 13.0. The van der Waals surface area contributed by atoms with Crippen LogP contribution in [0.2, 0.25) is 0 Å². The van der Waals surface area contributed by atoms with Crippen LogP contribution in [0, 0.1) is 11.2 Å². The number of nitrogens with zero attached hydrogens (tertiary/aromatic N) is 5. The third kappa shape index (κ3) is 5.32.